The van der Waals surface area contributed by atoms with Gasteiger partial charge in [-0.3, -0.25) is 0 Å². The third kappa shape index (κ3) is 2.37. The van der Waals surface area contributed by atoms with E-state index < -0.39 is 28.7 Å². The van der Waals surface area contributed by atoms with Crippen molar-refractivity contribution in [1.29, 1.82) is 0 Å². The fraction of sp³-hybridized carbons (Fsp3) is 0.556. The van der Waals surface area contributed by atoms with Crippen molar-refractivity contribution in [3.8, 4) is 0 Å². The van der Waals surface area contributed by atoms with E-state index in [1.165, 1.54) is 0 Å². The molecular weight excluding hydrogens is 361 g/mol. The Morgan fingerprint density at radius 2 is 1.55 bits per heavy atom. The number of hydrogen-bond acceptors (Lipinski definition) is 0. The summed E-state index contributed by atoms with van der Waals surface area (Å²) in [6.07, 6.45) is 12.8. The molecule has 0 amide bonds. The fourth-order valence-corrected chi connectivity index (χ4v) is 28.7. The topological polar surface area (TPSA) is 0 Å². The minimum absolute atomic E-state index is 0.373. The summed E-state index contributed by atoms with van der Waals surface area (Å²) in [5.74, 6) is 0. The van der Waals surface area contributed by atoms with Crippen LogP contribution in [0.15, 0.2) is 44.1 Å². The van der Waals surface area contributed by atoms with Gasteiger partial charge >= 0.3 is 134 Å². The minimum atomic E-state index is -1.22. The summed E-state index contributed by atoms with van der Waals surface area (Å²) in [7, 11) is 0. The Labute approximate surface area is 133 Å². The van der Waals surface area contributed by atoms with Crippen LogP contribution in [0.4, 0.5) is 0 Å². The van der Waals surface area contributed by atoms with Crippen molar-refractivity contribution >= 4 is 28.7 Å². The maximum atomic E-state index is 2.72. The molecule has 20 heavy (non-hydrogen) atoms. The quantitative estimate of drug-likeness (QED) is 0.515. The van der Waals surface area contributed by atoms with Gasteiger partial charge in [0.2, 0.25) is 0 Å². The summed E-state index contributed by atoms with van der Waals surface area (Å²) in [4.78, 5) is 2.68. The van der Waals surface area contributed by atoms with E-state index in [2.05, 4.69) is 76.8 Å². The van der Waals surface area contributed by atoms with E-state index in [4.69, 9.17) is 0 Å². The Balaban J connectivity index is 2.05. The first-order chi connectivity index (χ1) is 9.19. The molecule has 0 aromatic heterocycles. The van der Waals surface area contributed by atoms with E-state index in [-0.39, 0.29) is 0 Å². The van der Waals surface area contributed by atoms with Crippen LogP contribution >= 0.6 is 0 Å². The van der Waals surface area contributed by atoms with Crippen molar-refractivity contribution in [3.05, 3.63) is 44.1 Å². The predicted molar refractivity (Wildman–Crippen MR) is 92.4 cm³/mol. The Morgan fingerprint density at radius 3 is 2.15 bits per heavy atom. The van der Waals surface area contributed by atoms with Crippen LogP contribution in [0.2, 0.25) is 8.33 Å². The van der Waals surface area contributed by atoms with Crippen molar-refractivity contribution in [3.63, 3.8) is 0 Å². The Morgan fingerprint density at radius 1 is 0.900 bits per heavy atom. The van der Waals surface area contributed by atoms with Gasteiger partial charge in [-0.25, -0.2) is 0 Å². The van der Waals surface area contributed by atoms with E-state index in [1.807, 2.05) is 8.81 Å². The molecule has 106 valence electrons. The third-order valence-corrected chi connectivity index (χ3v) is 24.9. The standard InChI is InChI=1S/C18H26Ge2/c1-17(2,3)14-8-7-9-16-19-11-10-13(20(14)16)12-15(19)18(4,5)6/h7-13,16H,1-6H3. The van der Waals surface area contributed by atoms with Crippen LogP contribution in [0.25, 0.3) is 0 Å². The van der Waals surface area contributed by atoms with E-state index in [9.17, 15) is 0 Å². The normalized spacial score (nSPS) is 30.3. The van der Waals surface area contributed by atoms with Crippen LogP contribution in [-0.2, 0) is 0 Å². The van der Waals surface area contributed by atoms with Crippen molar-refractivity contribution < 1.29 is 0 Å². The third-order valence-electron chi connectivity index (χ3n) is 4.66. The van der Waals surface area contributed by atoms with Crippen LogP contribution < -0.4 is 0 Å². The molecule has 0 spiro atoms. The molecule has 4 aliphatic rings. The second kappa shape index (κ2) is 4.77. The summed E-state index contributed by atoms with van der Waals surface area (Å²) in [6.45, 7) is 14.5. The van der Waals surface area contributed by atoms with Gasteiger partial charge in [-0.1, -0.05) is 0 Å². The molecule has 2 heteroatoms. The molecule has 2 atom stereocenters. The molecule has 0 saturated carbocycles. The number of allylic oxidation sites excluding steroid dienone is 7. The monoisotopic (exact) mass is 390 g/mol. The molecule has 0 N–H and O–H groups in total. The van der Waals surface area contributed by atoms with Gasteiger partial charge in [0.15, 0.2) is 0 Å². The molecule has 0 nitrogen and oxygen atoms in total. The molecule has 4 rings (SSSR count). The molecule has 2 unspecified atom stereocenters. The van der Waals surface area contributed by atoms with Gasteiger partial charge in [0, 0.05) is 0 Å². The predicted octanol–water partition coefficient (Wildman–Crippen LogP) is 4.97. The van der Waals surface area contributed by atoms with Crippen LogP contribution in [0.3, 0.4) is 0 Å². The maximum absolute atomic E-state index is 2.72. The van der Waals surface area contributed by atoms with Gasteiger partial charge < -0.3 is 0 Å². The van der Waals surface area contributed by atoms with Gasteiger partial charge in [0.05, 0.1) is 0 Å². The van der Waals surface area contributed by atoms with E-state index in [0.29, 0.717) is 10.8 Å². The second-order valence-electron chi connectivity index (χ2n) is 8.32. The molecule has 4 heterocycles. The molecule has 4 aliphatic heterocycles. The molecule has 2 radical (unpaired) electrons. The summed E-state index contributed by atoms with van der Waals surface area (Å²) in [5.41, 5.74) is 0.761. The van der Waals surface area contributed by atoms with Gasteiger partial charge in [-0.15, -0.1) is 0 Å². The van der Waals surface area contributed by atoms with Crippen molar-refractivity contribution in [1.82, 2.24) is 0 Å². The average molecular weight is 388 g/mol. The van der Waals surface area contributed by atoms with E-state index in [0.717, 1.165) is 8.33 Å². The van der Waals surface area contributed by atoms with Crippen LogP contribution in [-0.4, -0.2) is 28.7 Å². The molecule has 0 aromatic carbocycles. The van der Waals surface area contributed by atoms with Crippen LogP contribution in [0.5, 0.6) is 0 Å². The van der Waals surface area contributed by atoms with Gasteiger partial charge in [0.1, 0.15) is 0 Å². The SMILES string of the molecule is CC(C)(C)[C]1=C[CH]2C=[CH][Ge]1[CH]1C=CC=[C](C(C)(C)C)[Ge]21. The first kappa shape index (κ1) is 15.0. The molecule has 0 fully saturated rings. The van der Waals surface area contributed by atoms with E-state index >= 15 is 0 Å². The molecule has 0 aliphatic carbocycles. The first-order valence-electron chi connectivity index (χ1n) is 7.73. The van der Waals surface area contributed by atoms with Gasteiger partial charge in [-0.05, 0) is 0 Å². The molecular formula is C18H26Ge2. The summed E-state index contributed by atoms with van der Waals surface area (Å²) >= 11 is -2.41. The van der Waals surface area contributed by atoms with Crippen molar-refractivity contribution in [2.75, 3.05) is 0 Å². The average Bonchev–Trinajstić information content (AvgIpc) is 2.36. The Hall–Kier alpha value is 0.0457. The fourth-order valence-electron chi connectivity index (χ4n) is 3.75. The zero-order chi connectivity index (χ0) is 14.7. The summed E-state index contributed by atoms with van der Waals surface area (Å²) in [5, 5.41) is 0. The number of hydrogen-bond donors (Lipinski definition) is 0. The molecule has 2 bridgehead atoms. The van der Waals surface area contributed by atoms with Gasteiger partial charge in [0.25, 0.3) is 0 Å². The van der Waals surface area contributed by atoms with E-state index in [1.54, 1.807) is 0 Å². The zero-order valence-electron chi connectivity index (χ0n) is 13.6. The zero-order valence-corrected chi connectivity index (χ0v) is 17.8. The number of rotatable bonds is 0. The van der Waals surface area contributed by atoms with Gasteiger partial charge in [-0.2, -0.15) is 0 Å². The van der Waals surface area contributed by atoms with Crippen LogP contribution in [0, 0.1) is 10.8 Å². The molecule has 0 aromatic rings. The molecule has 0 saturated heterocycles. The Bertz CT molecular complexity index is 535. The summed E-state index contributed by atoms with van der Waals surface area (Å²) in [6, 6.07) is 0. The van der Waals surface area contributed by atoms with Crippen LogP contribution in [0.1, 0.15) is 41.5 Å². The van der Waals surface area contributed by atoms with Crippen molar-refractivity contribution in [2.24, 2.45) is 10.8 Å². The Kier molecular flexibility index (Phi) is 3.57. The first-order valence-corrected chi connectivity index (χ1v) is 14.7. The van der Waals surface area contributed by atoms with Crippen molar-refractivity contribution in [2.45, 2.75) is 49.9 Å². The second-order valence-corrected chi connectivity index (χ2v) is 21.7. The summed E-state index contributed by atoms with van der Waals surface area (Å²) < 4.78 is 5.50.